The lowest BCUT2D eigenvalue weighted by Crippen LogP contribution is -2.38. The van der Waals surface area contributed by atoms with E-state index in [9.17, 15) is 4.79 Å². The van der Waals surface area contributed by atoms with Crippen molar-refractivity contribution in [2.24, 2.45) is 0 Å². The lowest BCUT2D eigenvalue weighted by atomic mass is 9.79. The van der Waals surface area contributed by atoms with E-state index in [2.05, 4.69) is 0 Å². The average Bonchev–Trinajstić information content (AvgIpc) is 2.29. The van der Waals surface area contributed by atoms with E-state index in [0.717, 1.165) is 44.1 Å². The first-order chi connectivity index (χ1) is 7.21. The van der Waals surface area contributed by atoms with Crippen molar-refractivity contribution in [2.75, 3.05) is 14.2 Å². The molecule has 2 aliphatic rings. The van der Waals surface area contributed by atoms with Crippen molar-refractivity contribution in [1.29, 1.82) is 0 Å². The van der Waals surface area contributed by atoms with Gasteiger partial charge in [-0.25, -0.2) is 0 Å². The van der Waals surface area contributed by atoms with Crippen LogP contribution in [0.15, 0.2) is 11.1 Å². The van der Waals surface area contributed by atoms with Crippen molar-refractivity contribution in [3.8, 4) is 0 Å². The van der Waals surface area contributed by atoms with Crippen LogP contribution in [0.3, 0.4) is 0 Å². The summed E-state index contributed by atoms with van der Waals surface area (Å²) in [5.74, 6) is -0.131. The number of carbonyl (C=O) groups is 1. The van der Waals surface area contributed by atoms with Gasteiger partial charge in [0.15, 0.2) is 11.6 Å². The number of carbonyl (C=O) groups excluding carboxylic acids is 1. The fourth-order valence-corrected chi connectivity index (χ4v) is 2.63. The standard InChI is InChI=1S/C12H18O3/c1-14-12(15-2)7-6-10-9(8-12)4-3-5-11(10)13/h3-8H2,1-2H3. The number of ether oxygens (including phenoxy) is 2. The van der Waals surface area contributed by atoms with Crippen molar-refractivity contribution in [3.05, 3.63) is 11.1 Å². The first-order valence-electron chi connectivity index (χ1n) is 5.55. The predicted octanol–water partition coefficient (Wildman–Crippen LogP) is 2.21. The molecular formula is C12H18O3. The lowest BCUT2D eigenvalue weighted by Gasteiger charge is -2.38. The predicted molar refractivity (Wildman–Crippen MR) is 56.5 cm³/mol. The highest BCUT2D eigenvalue weighted by atomic mass is 16.7. The second-order valence-corrected chi connectivity index (χ2v) is 4.35. The number of hydrogen-bond donors (Lipinski definition) is 0. The lowest BCUT2D eigenvalue weighted by molar-refractivity contribution is -0.212. The maximum atomic E-state index is 11.7. The molecule has 0 fully saturated rings. The van der Waals surface area contributed by atoms with Crippen LogP contribution < -0.4 is 0 Å². The van der Waals surface area contributed by atoms with E-state index in [4.69, 9.17) is 9.47 Å². The molecular weight excluding hydrogens is 192 g/mol. The normalized spacial score (nSPS) is 25.3. The van der Waals surface area contributed by atoms with Gasteiger partial charge in [-0.1, -0.05) is 5.57 Å². The summed E-state index contributed by atoms with van der Waals surface area (Å²) < 4.78 is 10.9. The monoisotopic (exact) mass is 210 g/mol. The van der Waals surface area contributed by atoms with E-state index in [1.807, 2.05) is 0 Å². The van der Waals surface area contributed by atoms with Crippen LogP contribution in [0.5, 0.6) is 0 Å². The zero-order valence-corrected chi connectivity index (χ0v) is 9.47. The number of ketones is 1. The SMILES string of the molecule is COC1(OC)CCC2=C(CCCC2=O)C1. The van der Waals surface area contributed by atoms with E-state index in [1.165, 1.54) is 5.57 Å². The third kappa shape index (κ3) is 1.86. The molecule has 0 atom stereocenters. The Morgan fingerprint density at radius 3 is 2.53 bits per heavy atom. The van der Waals surface area contributed by atoms with E-state index in [0.29, 0.717) is 5.78 Å². The average molecular weight is 210 g/mol. The van der Waals surface area contributed by atoms with Gasteiger partial charge in [0.2, 0.25) is 0 Å². The van der Waals surface area contributed by atoms with Gasteiger partial charge in [-0.05, 0) is 24.8 Å². The largest absolute Gasteiger partial charge is 0.353 e. The Hall–Kier alpha value is -0.670. The van der Waals surface area contributed by atoms with Gasteiger partial charge < -0.3 is 9.47 Å². The molecule has 0 heterocycles. The molecule has 0 saturated heterocycles. The number of hydrogen-bond acceptors (Lipinski definition) is 3. The van der Waals surface area contributed by atoms with Crippen molar-refractivity contribution in [1.82, 2.24) is 0 Å². The molecule has 0 aromatic heterocycles. The summed E-state index contributed by atoms with van der Waals surface area (Å²) in [5, 5.41) is 0. The third-order valence-corrected chi connectivity index (χ3v) is 3.63. The first-order valence-corrected chi connectivity index (χ1v) is 5.55. The second kappa shape index (κ2) is 4.06. The van der Waals surface area contributed by atoms with Gasteiger partial charge >= 0.3 is 0 Å². The summed E-state index contributed by atoms with van der Waals surface area (Å²) in [5.41, 5.74) is 2.33. The van der Waals surface area contributed by atoms with Gasteiger partial charge in [0.25, 0.3) is 0 Å². The van der Waals surface area contributed by atoms with E-state index < -0.39 is 5.79 Å². The number of Topliss-reactive ketones (excluding diaryl/α,β-unsaturated/α-hetero) is 1. The first kappa shape index (κ1) is 10.8. The number of methoxy groups -OCH3 is 2. The van der Waals surface area contributed by atoms with Crippen molar-refractivity contribution in [2.45, 2.75) is 44.3 Å². The summed E-state index contributed by atoms with van der Waals surface area (Å²) in [6.45, 7) is 0. The summed E-state index contributed by atoms with van der Waals surface area (Å²) in [6.07, 6.45) is 5.13. The van der Waals surface area contributed by atoms with Gasteiger partial charge in [-0.15, -0.1) is 0 Å². The summed E-state index contributed by atoms with van der Waals surface area (Å²) in [4.78, 5) is 11.7. The van der Waals surface area contributed by atoms with E-state index in [-0.39, 0.29) is 0 Å². The fourth-order valence-electron chi connectivity index (χ4n) is 2.63. The van der Waals surface area contributed by atoms with Crippen LogP contribution >= 0.6 is 0 Å². The molecule has 2 rings (SSSR count). The minimum atomic E-state index is -0.476. The van der Waals surface area contributed by atoms with Crippen molar-refractivity contribution < 1.29 is 14.3 Å². The van der Waals surface area contributed by atoms with Crippen LogP contribution in [-0.2, 0) is 14.3 Å². The molecule has 3 nitrogen and oxygen atoms in total. The van der Waals surface area contributed by atoms with E-state index in [1.54, 1.807) is 14.2 Å². The molecule has 3 heteroatoms. The quantitative estimate of drug-likeness (QED) is 0.655. The molecule has 0 radical (unpaired) electrons. The van der Waals surface area contributed by atoms with Crippen molar-refractivity contribution >= 4 is 5.78 Å². The summed E-state index contributed by atoms with van der Waals surface area (Å²) in [6, 6.07) is 0. The zero-order valence-electron chi connectivity index (χ0n) is 9.47. The van der Waals surface area contributed by atoms with Gasteiger partial charge in [0, 0.05) is 33.5 Å². The zero-order chi connectivity index (χ0) is 10.9. The van der Waals surface area contributed by atoms with Crippen LogP contribution in [0.25, 0.3) is 0 Å². The van der Waals surface area contributed by atoms with Crippen LogP contribution in [0, 0.1) is 0 Å². The van der Waals surface area contributed by atoms with Crippen LogP contribution in [0.2, 0.25) is 0 Å². The molecule has 15 heavy (non-hydrogen) atoms. The highest BCUT2D eigenvalue weighted by molar-refractivity contribution is 5.97. The Balaban J connectivity index is 2.23. The Labute approximate surface area is 90.4 Å². The van der Waals surface area contributed by atoms with Crippen LogP contribution in [0.1, 0.15) is 38.5 Å². The Kier molecular flexibility index (Phi) is 2.94. The minimum absolute atomic E-state index is 0.344. The molecule has 0 aromatic rings. The Morgan fingerprint density at radius 2 is 1.87 bits per heavy atom. The molecule has 0 unspecified atom stereocenters. The molecule has 0 amide bonds. The molecule has 0 spiro atoms. The smallest absolute Gasteiger partial charge is 0.171 e. The third-order valence-electron chi connectivity index (χ3n) is 3.63. The summed E-state index contributed by atoms with van der Waals surface area (Å²) in [7, 11) is 3.36. The molecule has 0 N–H and O–H groups in total. The maximum absolute atomic E-state index is 11.7. The fraction of sp³-hybridized carbons (Fsp3) is 0.750. The molecule has 2 aliphatic carbocycles. The molecule has 84 valence electrons. The van der Waals surface area contributed by atoms with Gasteiger partial charge in [-0.2, -0.15) is 0 Å². The van der Waals surface area contributed by atoms with Gasteiger partial charge in [0.05, 0.1) is 0 Å². The highest BCUT2D eigenvalue weighted by Gasteiger charge is 2.38. The van der Waals surface area contributed by atoms with Crippen molar-refractivity contribution in [3.63, 3.8) is 0 Å². The number of allylic oxidation sites excluding steroid dienone is 1. The summed E-state index contributed by atoms with van der Waals surface area (Å²) >= 11 is 0. The van der Waals surface area contributed by atoms with Gasteiger partial charge in [0.1, 0.15) is 0 Å². The highest BCUT2D eigenvalue weighted by Crippen LogP contribution is 2.40. The van der Waals surface area contributed by atoms with Gasteiger partial charge in [-0.3, -0.25) is 4.79 Å². The van der Waals surface area contributed by atoms with Crippen LogP contribution in [-0.4, -0.2) is 25.8 Å². The van der Waals surface area contributed by atoms with Crippen LogP contribution in [0.4, 0.5) is 0 Å². The second-order valence-electron chi connectivity index (χ2n) is 4.35. The van der Waals surface area contributed by atoms with E-state index >= 15 is 0 Å². The maximum Gasteiger partial charge on any atom is 0.171 e. The molecule has 0 aromatic carbocycles. The topological polar surface area (TPSA) is 35.5 Å². The molecule has 0 bridgehead atoms. The number of rotatable bonds is 2. The Bertz CT molecular complexity index is 300. The minimum Gasteiger partial charge on any atom is -0.353 e. The molecule has 0 saturated carbocycles. The Morgan fingerprint density at radius 1 is 1.13 bits per heavy atom. The molecule has 0 aliphatic heterocycles.